The van der Waals surface area contributed by atoms with Crippen molar-refractivity contribution in [3.8, 4) is 5.75 Å². The van der Waals surface area contributed by atoms with Gasteiger partial charge >= 0.3 is 0 Å². The van der Waals surface area contributed by atoms with E-state index in [1.807, 2.05) is 43.3 Å². The van der Waals surface area contributed by atoms with Crippen LogP contribution >= 0.6 is 0 Å². The number of carbonyl (C=O) groups is 1. The standard InChI is InChI=1S/C23H31N3O4S/c1-5-19-6-8-21(9-7-19)26(31(4,28)29)18(2)23(27)25-16-14-24(15-17-25)20-10-12-22(30-3)13-11-20/h6-13,18H,5,14-17H2,1-4H3/t18-/m1/s1. The van der Waals surface area contributed by atoms with Crippen molar-refractivity contribution in [1.82, 2.24) is 4.90 Å². The number of rotatable bonds is 7. The summed E-state index contributed by atoms with van der Waals surface area (Å²) in [5.41, 5.74) is 2.71. The lowest BCUT2D eigenvalue weighted by molar-refractivity contribution is -0.132. The molecule has 0 bridgehead atoms. The van der Waals surface area contributed by atoms with Crippen LogP contribution in [0, 0.1) is 0 Å². The van der Waals surface area contributed by atoms with Crippen LogP contribution in [0.15, 0.2) is 48.5 Å². The molecule has 2 aromatic carbocycles. The molecule has 0 radical (unpaired) electrons. The van der Waals surface area contributed by atoms with Gasteiger partial charge in [0.15, 0.2) is 0 Å². The van der Waals surface area contributed by atoms with Crippen LogP contribution in [-0.4, -0.2) is 64.8 Å². The molecule has 3 rings (SSSR count). The largest absolute Gasteiger partial charge is 0.497 e. The second-order valence-corrected chi connectivity index (χ2v) is 9.62. The number of hydrogen-bond donors (Lipinski definition) is 0. The molecule has 1 heterocycles. The maximum Gasteiger partial charge on any atom is 0.246 e. The monoisotopic (exact) mass is 445 g/mol. The van der Waals surface area contributed by atoms with Gasteiger partial charge in [-0.05, 0) is 55.3 Å². The molecule has 168 valence electrons. The first-order chi connectivity index (χ1) is 14.7. The number of anilines is 2. The molecule has 2 aromatic rings. The van der Waals surface area contributed by atoms with E-state index in [4.69, 9.17) is 4.74 Å². The van der Waals surface area contributed by atoms with E-state index < -0.39 is 16.1 Å². The topological polar surface area (TPSA) is 70.2 Å². The Morgan fingerprint density at radius 1 is 1.03 bits per heavy atom. The average Bonchev–Trinajstić information content (AvgIpc) is 2.78. The summed E-state index contributed by atoms with van der Waals surface area (Å²) in [4.78, 5) is 17.2. The van der Waals surface area contributed by atoms with Gasteiger partial charge in [0.05, 0.1) is 19.1 Å². The molecule has 1 aliphatic heterocycles. The number of sulfonamides is 1. The van der Waals surface area contributed by atoms with E-state index in [2.05, 4.69) is 4.90 Å². The Kier molecular flexibility index (Phi) is 7.10. The van der Waals surface area contributed by atoms with Crippen LogP contribution in [0.3, 0.4) is 0 Å². The highest BCUT2D eigenvalue weighted by Crippen LogP contribution is 2.24. The lowest BCUT2D eigenvalue weighted by Gasteiger charge is -2.39. The Balaban J connectivity index is 1.70. The van der Waals surface area contributed by atoms with Crippen molar-refractivity contribution >= 4 is 27.3 Å². The minimum Gasteiger partial charge on any atom is -0.497 e. The molecule has 1 saturated heterocycles. The molecule has 0 N–H and O–H groups in total. The van der Waals surface area contributed by atoms with E-state index in [0.29, 0.717) is 31.9 Å². The van der Waals surface area contributed by atoms with Gasteiger partial charge in [-0.15, -0.1) is 0 Å². The number of nitrogens with zero attached hydrogens (tertiary/aromatic N) is 3. The number of carbonyl (C=O) groups excluding carboxylic acids is 1. The number of aryl methyl sites for hydroxylation is 1. The molecule has 7 nitrogen and oxygen atoms in total. The zero-order valence-electron chi connectivity index (χ0n) is 18.6. The molecule has 8 heteroatoms. The molecule has 0 aliphatic carbocycles. The van der Waals surface area contributed by atoms with Crippen LogP contribution in [0.25, 0.3) is 0 Å². The first-order valence-electron chi connectivity index (χ1n) is 10.5. The fraction of sp³-hybridized carbons (Fsp3) is 0.435. The Morgan fingerprint density at radius 2 is 1.61 bits per heavy atom. The predicted octanol–water partition coefficient (Wildman–Crippen LogP) is 2.76. The maximum absolute atomic E-state index is 13.2. The Hall–Kier alpha value is -2.74. The summed E-state index contributed by atoms with van der Waals surface area (Å²) in [7, 11) is -1.98. The van der Waals surface area contributed by atoms with Crippen molar-refractivity contribution in [1.29, 1.82) is 0 Å². The van der Waals surface area contributed by atoms with Crippen molar-refractivity contribution in [2.45, 2.75) is 26.3 Å². The number of benzene rings is 2. The van der Waals surface area contributed by atoms with E-state index in [1.54, 1.807) is 31.1 Å². The molecular formula is C23H31N3O4S. The number of amides is 1. The summed E-state index contributed by atoms with van der Waals surface area (Å²) in [6, 6.07) is 14.4. The SMILES string of the molecule is CCc1ccc(N([C@H](C)C(=O)N2CCN(c3ccc(OC)cc3)CC2)S(C)(=O)=O)cc1. The van der Waals surface area contributed by atoms with Crippen LogP contribution in [0.5, 0.6) is 5.75 Å². The van der Waals surface area contributed by atoms with Crippen molar-refractivity contribution in [3.63, 3.8) is 0 Å². The van der Waals surface area contributed by atoms with Gasteiger partial charge in [0.2, 0.25) is 15.9 Å². The Bertz CT molecular complexity index is 982. The lowest BCUT2D eigenvalue weighted by Crippen LogP contribution is -2.55. The highest BCUT2D eigenvalue weighted by Gasteiger charge is 2.33. The molecule has 1 atom stereocenters. The van der Waals surface area contributed by atoms with Gasteiger partial charge in [-0.1, -0.05) is 19.1 Å². The van der Waals surface area contributed by atoms with Crippen LogP contribution < -0.4 is 13.9 Å². The fourth-order valence-corrected chi connectivity index (χ4v) is 5.09. The first-order valence-corrected chi connectivity index (χ1v) is 12.4. The summed E-state index contributed by atoms with van der Waals surface area (Å²) in [6.45, 7) is 6.17. The summed E-state index contributed by atoms with van der Waals surface area (Å²) >= 11 is 0. The number of ether oxygens (including phenoxy) is 1. The van der Waals surface area contributed by atoms with Crippen molar-refractivity contribution in [3.05, 3.63) is 54.1 Å². The van der Waals surface area contributed by atoms with Crippen molar-refractivity contribution in [2.75, 3.05) is 48.7 Å². The molecule has 0 aromatic heterocycles. The van der Waals surface area contributed by atoms with E-state index in [9.17, 15) is 13.2 Å². The fourth-order valence-electron chi connectivity index (χ4n) is 3.92. The van der Waals surface area contributed by atoms with Gasteiger partial charge in [-0.2, -0.15) is 0 Å². The van der Waals surface area contributed by atoms with Crippen LogP contribution in [0.2, 0.25) is 0 Å². The van der Waals surface area contributed by atoms with E-state index >= 15 is 0 Å². The number of hydrogen-bond acceptors (Lipinski definition) is 5. The minimum atomic E-state index is -3.62. The smallest absolute Gasteiger partial charge is 0.246 e. The van der Waals surface area contributed by atoms with Crippen molar-refractivity contribution in [2.24, 2.45) is 0 Å². The van der Waals surface area contributed by atoms with Gasteiger partial charge in [0.25, 0.3) is 0 Å². The quantitative estimate of drug-likeness (QED) is 0.656. The number of piperazine rings is 1. The third kappa shape index (κ3) is 5.31. The zero-order valence-corrected chi connectivity index (χ0v) is 19.4. The predicted molar refractivity (Wildman–Crippen MR) is 124 cm³/mol. The van der Waals surface area contributed by atoms with E-state index in [0.717, 1.165) is 29.7 Å². The summed E-state index contributed by atoms with van der Waals surface area (Å²) < 4.78 is 31.5. The molecule has 0 spiro atoms. The van der Waals surface area contributed by atoms with E-state index in [1.165, 1.54) is 4.31 Å². The molecule has 0 saturated carbocycles. The van der Waals surface area contributed by atoms with Crippen LogP contribution in [0.4, 0.5) is 11.4 Å². The Labute approximate surface area is 185 Å². The molecule has 31 heavy (non-hydrogen) atoms. The molecular weight excluding hydrogens is 414 g/mol. The second-order valence-electron chi connectivity index (χ2n) is 7.77. The highest BCUT2D eigenvalue weighted by atomic mass is 32.2. The van der Waals surface area contributed by atoms with Crippen molar-refractivity contribution < 1.29 is 17.9 Å². The van der Waals surface area contributed by atoms with E-state index in [-0.39, 0.29) is 5.91 Å². The third-order valence-corrected chi connectivity index (χ3v) is 6.94. The highest BCUT2D eigenvalue weighted by molar-refractivity contribution is 7.92. The molecule has 1 fully saturated rings. The first kappa shape index (κ1) is 22.9. The second kappa shape index (κ2) is 9.60. The Morgan fingerprint density at radius 3 is 2.10 bits per heavy atom. The van der Waals surface area contributed by atoms with Gasteiger partial charge in [-0.25, -0.2) is 8.42 Å². The average molecular weight is 446 g/mol. The van der Waals surface area contributed by atoms with Crippen LogP contribution in [0.1, 0.15) is 19.4 Å². The minimum absolute atomic E-state index is 0.181. The van der Waals surface area contributed by atoms with Gasteiger partial charge in [-0.3, -0.25) is 9.10 Å². The lowest BCUT2D eigenvalue weighted by atomic mass is 10.1. The molecule has 1 amide bonds. The number of methoxy groups -OCH3 is 1. The summed E-state index contributed by atoms with van der Waals surface area (Å²) in [5, 5.41) is 0. The molecule has 0 unspecified atom stereocenters. The summed E-state index contributed by atoms with van der Waals surface area (Å²) in [5.74, 6) is 0.624. The van der Waals surface area contributed by atoms with Crippen LogP contribution in [-0.2, 0) is 21.2 Å². The molecule has 1 aliphatic rings. The van der Waals surface area contributed by atoms with Gasteiger partial charge in [0.1, 0.15) is 11.8 Å². The third-order valence-electron chi connectivity index (χ3n) is 5.69. The summed E-state index contributed by atoms with van der Waals surface area (Å²) in [6.07, 6.45) is 2.01. The van der Waals surface area contributed by atoms with Gasteiger partial charge in [0, 0.05) is 31.9 Å². The normalized spacial score (nSPS) is 15.5. The van der Waals surface area contributed by atoms with Gasteiger partial charge < -0.3 is 14.5 Å². The maximum atomic E-state index is 13.2. The zero-order chi connectivity index (χ0) is 22.6.